The first-order valence-corrected chi connectivity index (χ1v) is 16.8. The van der Waals surface area contributed by atoms with Crippen molar-refractivity contribution in [3.05, 3.63) is 36.4 Å². The summed E-state index contributed by atoms with van der Waals surface area (Å²) in [6.45, 7) is 8.95. The summed E-state index contributed by atoms with van der Waals surface area (Å²) in [6, 6.07) is 6.98. The van der Waals surface area contributed by atoms with E-state index in [2.05, 4.69) is 38.3 Å². The van der Waals surface area contributed by atoms with Crippen LogP contribution in [0.5, 0.6) is 0 Å². The largest absolute Gasteiger partial charge is 0.359 e. The highest BCUT2D eigenvalue weighted by molar-refractivity contribution is 7.98. The van der Waals surface area contributed by atoms with Crippen LogP contribution in [0.1, 0.15) is 66.2 Å². The average molecular weight is 580 g/mol. The number of fused-ring (bicyclic) bond motifs is 1. The van der Waals surface area contributed by atoms with Crippen LogP contribution >= 0.6 is 11.8 Å². The minimum Gasteiger partial charge on any atom is -0.359 e. The minimum absolute atomic E-state index is 0.0531. The summed E-state index contributed by atoms with van der Waals surface area (Å²) in [5.74, 6) is -0.239. The molecule has 7 nitrogen and oxygen atoms in total. The fourth-order valence-corrected chi connectivity index (χ4v) is 8.94. The quantitative estimate of drug-likeness (QED) is 0.355. The second kappa shape index (κ2) is 11.1. The topological polar surface area (TPSA) is 87.7 Å². The molecule has 0 radical (unpaired) electrons. The van der Waals surface area contributed by atoms with Crippen LogP contribution in [0.4, 0.5) is 5.69 Å². The number of thioether (sulfide) groups is 1. The number of benzene rings is 1. The van der Waals surface area contributed by atoms with Crippen molar-refractivity contribution in [2.24, 2.45) is 35.5 Å². The summed E-state index contributed by atoms with van der Waals surface area (Å²) in [6.07, 6.45) is 11.6. The van der Waals surface area contributed by atoms with Crippen LogP contribution in [0.2, 0.25) is 0 Å². The monoisotopic (exact) mass is 579 g/mol. The van der Waals surface area contributed by atoms with E-state index in [-0.39, 0.29) is 35.7 Å². The van der Waals surface area contributed by atoms with E-state index < -0.39 is 29.6 Å². The minimum atomic E-state index is -1.13. The summed E-state index contributed by atoms with van der Waals surface area (Å²) < 4.78 is 6.63. The standard InChI is InChI=1S/C33H45N3O4S/c1-18-9-6-13-24(20(18)3)35-31(38)29-33-16-15-26(40-33)27(30(37)34-22-11-8-12-23(17-22)41-5)28(33)32(39)36(29)25-14-7-10-19(2)21(25)4/h8,11-12,15-21,24-29H,6-7,9-10,13-14H2,1-5H3,(H,34,37)(H,35,38)/t18?,19?,20?,21?,24?,25?,26-,27?,28-,29?,33?/m0/s1. The number of carbonyl (C=O) groups is 3. The zero-order chi connectivity index (χ0) is 29.1. The number of hydrogen-bond acceptors (Lipinski definition) is 5. The van der Waals surface area contributed by atoms with Gasteiger partial charge in [-0.15, -0.1) is 11.8 Å². The van der Waals surface area contributed by atoms with Crippen molar-refractivity contribution in [3.63, 3.8) is 0 Å². The zero-order valence-electron chi connectivity index (χ0n) is 25.0. The second-order valence-electron chi connectivity index (χ2n) is 13.4. The average Bonchev–Trinajstić information content (AvgIpc) is 3.60. The van der Waals surface area contributed by atoms with E-state index in [0.717, 1.165) is 37.0 Å². The van der Waals surface area contributed by atoms with Crippen LogP contribution in [0.25, 0.3) is 0 Å². The molecular weight excluding hydrogens is 534 g/mol. The number of nitrogens with one attached hydrogen (secondary N) is 2. The van der Waals surface area contributed by atoms with Gasteiger partial charge in [-0.1, -0.05) is 71.6 Å². The third-order valence-electron chi connectivity index (χ3n) is 11.3. The molecule has 1 aromatic rings. The number of amides is 3. The molecule has 2 saturated heterocycles. The lowest BCUT2D eigenvalue weighted by Gasteiger charge is -2.44. The van der Waals surface area contributed by atoms with Crippen molar-refractivity contribution in [2.45, 2.75) is 101 Å². The van der Waals surface area contributed by atoms with Gasteiger partial charge in [0.05, 0.1) is 17.9 Å². The molecular formula is C33H45N3O4S. The lowest BCUT2D eigenvalue weighted by molar-refractivity contribution is -0.146. The number of carbonyl (C=O) groups excluding carboxylic acids is 3. The second-order valence-corrected chi connectivity index (χ2v) is 14.3. The van der Waals surface area contributed by atoms with Crippen molar-refractivity contribution in [2.75, 3.05) is 11.6 Å². The van der Waals surface area contributed by atoms with Crippen LogP contribution < -0.4 is 10.6 Å². The number of anilines is 1. The van der Waals surface area contributed by atoms with Gasteiger partial charge in [0, 0.05) is 22.7 Å². The van der Waals surface area contributed by atoms with Crippen molar-refractivity contribution >= 4 is 35.2 Å². The van der Waals surface area contributed by atoms with Crippen LogP contribution in [-0.2, 0) is 19.1 Å². The van der Waals surface area contributed by atoms with E-state index in [9.17, 15) is 14.4 Å². The van der Waals surface area contributed by atoms with Gasteiger partial charge in [-0.25, -0.2) is 0 Å². The Morgan fingerprint density at radius 3 is 2.49 bits per heavy atom. The first kappa shape index (κ1) is 28.8. The molecule has 5 aliphatic rings. The van der Waals surface area contributed by atoms with Gasteiger partial charge >= 0.3 is 0 Å². The van der Waals surface area contributed by atoms with Crippen molar-refractivity contribution in [1.29, 1.82) is 0 Å². The predicted octanol–water partition coefficient (Wildman–Crippen LogP) is 5.26. The van der Waals surface area contributed by atoms with Gasteiger partial charge in [0.2, 0.25) is 17.7 Å². The van der Waals surface area contributed by atoms with Gasteiger partial charge in [0.1, 0.15) is 11.6 Å². The maximum atomic E-state index is 14.6. The summed E-state index contributed by atoms with van der Waals surface area (Å²) in [4.78, 5) is 45.7. The number of hydrogen-bond donors (Lipinski definition) is 2. The summed E-state index contributed by atoms with van der Waals surface area (Å²) in [7, 11) is 0. The highest BCUT2D eigenvalue weighted by atomic mass is 32.2. The molecule has 4 fully saturated rings. The lowest BCUT2D eigenvalue weighted by Crippen LogP contribution is -2.61. The summed E-state index contributed by atoms with van der Waals surface area (Å²) >= 11 is 1.61. The van der Waals surface area contributed by atoms with Gasteiger partial charge in [-0.3, -0.25) is 14.4 Å². The molecule has 0 aromatic heterocycles. The molecule has 11 atom stereocenters. The molecule has 1 aromatic carbocycles. The number of likely N-dealkylation sites (tertiary alicyclic amines) is 1. The smallest absolute Gasteiger partial charge is 0.246 e. The van der Waals surface area contributed by atoms with E-state index in [1.54, 1.807) is 11.8 Å². The Bertz CT molecular complexity index is 1240. The maximum Gasteiger partial charge on any atom is 0.246 e. The number of nitrogens with zero attached hydrogens (tertiary/aromatic N) is 1. The van der Waals surface area contributed by atoms with Gasteiger partial charge in [-0.2, -0.15) is 0 Å². The van der Waals surface area contributed by atoms with E-state index in [1.807, 2.05) is 47.6 Å². The zero-order valence-corrected chi connectivity index (χ0v) is 25.8. The third-order valence-corrected chi connectivity index (χ3v) is 12.0. The molecule has 2 aliphatic carbocycles. The molecule has 3 amide bonds. The SMILES string of the molecule is CSc1cccc(NC(=O)C2[C@@H]3C=CC4(O3)C(C(=O)NC3CCCC(C)C3C)N(C3CCCC(C)C3C)C(=O)[C@H]24)c1. The Kier molecular flexibility index (Phi) is 7.77. The number of ether oxygens (including phenoxy) is 1. The molecule has 1 spiro atoms. The van der Waals surface area contributed by atoms with Gasteiger partial charge in [-0.05, 0) is 61.0 Å². The fraction of sp³-hybridized carbons (Fsp3) is 0.667. The molecule has 222 valence electrons. The first-order chi connectivity index (χ1) is 19.7. The molecule has 2 bridgehead atoms. The highest BCUT2D eigenvalue weighted by Crippen LogP contribution is 2.57. The third kappa shape index (κ3) is 4.73. The molecule has 41 heavy (non-hydrogen) atoms. The molecule has 3 aliphatic heterocycles. The Morgan fingerprint density at radius 1 is 1.00 bits per heavy atom. The Labute approximate surface area is 248 Å². The predicted molar refractivity (Wildman–Crippen MR) is 161 cm³/mol. The summed E-state index contributed by atoms with van der Waals surface area (Å²) in [5.41, 5.74) is -0.423. The van der Waals surface area contributed by atoms with E-state index in [1.165, 1.54) is 6.42 Å². The van der Waals surface area contributed by atoms with Crippen molar-refractivity contribution in [3.8, 4) is 0 Å². The lowest BCUT2D eigenvalue weighted by atomic mass is 9.73. The number of rotatable bonds is 6. The van der Waals surface area contributed by atoms with Crippen LogP contribution in [0.15, 0.2) is 41.3 Å². The van der Waals surface area contributed by atoms with Gasteiger partial charge < -0.3 is 20.3 Å². The van der Waals surface area contributed by atoms with E-state index in [4.69, 9.17) is 4.74 Å². The van der Waals surface area contributed by atoms with Crippen LogP contribution in [0, 0.1) is 35.5 Å². The highest BCUT2D eigenvalue weighted by Gasteiger charge is 2.73. The first-order valence-electron chi connectivity index (χ1n) is 15.6. The molecule has 3 heterocycles. The van der Waals surface area contributed by atoms with Crippen LogP contribution in [0.3, 0.4) is 0 Å². The molecule has 2 N–H and O–H groups in total. The molecule has 2 saturated carbocycles. The Hall–Kier alpha value is -2.32. The van der Waals surface area contributed by atoms with Crippen molar-refractivity contribution < 1.29 is 19.1 Å². The van der Waals surface area contributed by atoms with Gasteiger partial charge in [0.25, 0.3) is 0 Å². The van der Waals surface area contributed by atoms with E-state index >= 15 is 0 Å². The normalized spacial score (nSPS) is 41.4. The fourth-order valence-electron chi connectivity index (χ4n) is 8.48. The Balaban J connectivity index is 1.34. The molecule has 8 heteroatoms. The maximum absolute atomic E-state index is 14.6. The Morgan fingerprint density at radius 2 is 1.73 bits per heavy atom. The van der Waals surface area contributed by atoms with Crippen LogP contribution in [-0.4, -0.2) is 58.7 Å². The summed E-state index contributed by atoms with van der Waals surface area (Å²) in [5, 5.41) is 6.46. The van der Waals surface area contributed by atoms with E-state index in [0.29, 0.717) is 23.4 Å². The van der Waals surface area contributed by atoms with Gasteiger partial charge in [0.15, 0.2) is 0 Å². The molecule has 9 unspecified atom stereocenters. The van der Waals surface area contributed by atoms with Crippen molar-refractivity contribution in [1.82, 2.24) is 10.2 Å². The molecule has 6 rings (SSSR count).